The molecular weight excluding hydrogens is 224 g/mol. The maximum absolute atomic E-state index is 12.4. The van der Waals surface area contributed by atoms with Crippen molar-refractivity contribution in [3.8, 4) is 11.4 Å². The topological polar surface area (TPSA) is 34.9 Å². The average molecular weight is 234 g/mol. The van der Waals surface area contributed by atoms with E-state index >= 15 is 0 Å². The third-order valence-electron chi connectivity index (χ3n) is 3.41. The summed E-state index contributed by atoms with van der Waals surface area (Å²) in [6.45, 7) is 1.99. The zero-order valence-electron chi connectivity index (χ0n) is 9.84. The van der Waals surface area contributed by atoms with Crippen LogP contribution in [0.15, 0.2) is 42.5 Å². The quantitative estimate of drug-likeness (QED) is 0.468. The van der Waals surface area contributed by atoms with Gasteiger partial charge in [0.05, 0.1) is 16.6 Å². The lowest BCUT2D eigenvalue weighted by Crippen LogP contribution is -2.05. The van der Waals surface area contributed by atoms with Gasteiger partial charge in [0.15, 0.2) is 0 Å². The molecule has 3 heteroatoms. The smallest absolute Gasteiger partial charge is 0.264 e. The van der Waals surface area contributed by atoms with Gasteiger partial charge in [-0.15, -0.1) is 0 Å². The number of fused-ring (bicyclic) bond motifs is 5. The Kier molecular flexibility index (Phi) is 1.64. The Morgan fingerprint density at radius 1 is 1.06 bits per heavy atom. The lowest BCUT2D eigenvalue weighted by Gasteiger charge is -1.98. The van der Waals surface area contributed by atoms with Gasteiger partial charge in [-0.1, -0.05) is 29.8 Å². The van der Waals surface area contributed by atoms with E-state index in [0.717, 1.165) is 33.5 Å². The van der Waals surface area contributed by atoms with E-state index in [9.17, 15) is 4.79 Å². The van der Waals surface area contributed by atoms with Crippen LogP contribution in [0.25, 0.3) is 22.4 Å². The summed E-state index contributed by atoms with van der Waals surface area (Å²) in [6, 6.07) is 13.7. The summed E-state index contributed by atoms with van der Waals surface area (Å²) >= 11 is 0. The Hall–Kier alpha value is -2.42. The van der Waals surface area contributed by atoms with E-state index in [2.05, 4.69) is 4.98 Å². The zero-order chi connectivity index (χ0) is 12.3. The number of carbonyl (C=O) groups is 1. The third kappa shape index (κ3) is 1.03. The van der Waals surface area contributed by atoms with Crippen molar-refractivity contribution in [1.29, 1.82) is 0 Å². The average Bonchev–Trinajstić information content (AvgIpc) is 2.87. The molecule has 0 atom stereocenters. The molecule has 0 fully saturated rings. The summed E-state index contributed by atoms with van der Waals surface area (Å²) in [7, 11) is 0. The molecule has 0 N–H and O–H groups in total. The number of aryl methyl sites for hydroxylation is 1. The van der Waals surface area contributed by atoms with Gasteiger partial charge in [0.2, 0.25) is 0 Å². The molecule has 3 aromatic rings. The van der Waals surface area contributed by atoms with Gasteiger partial charge in [0.25, 0.3) is 5.91 Å². The van der Waals surface area contributed by atoms with Crippen LogP contribution in [-0.4, -0.2) is 15.5 Å². The summed E-state index contributed by atoms with van der Waals surface area (Å²) in [5.74, 6) is 0.786. The SMILES string of the molecule is Cc1ccc2c(c1)C(=O)n1c-2nc2ccccc21. The van der Waals surface area contributed by atoms with Crippen LogP contribution in [0.1, 0.15) is 15.9 Å². The maximum atomic E-state index is 12.4. The van der Waals surface area contributed by atoms with Gasteiger partial charge >= 0.3 is 0 Å². The second-order valence-corrected chi connectivity index (χ2v) is 4.61. The second-order valence-electron chi connectivity index (χ2n) is 4.61. The van der Waals surface area contributed by atoms with Gasteiger partial charge in [-0.25, -0.2) is 4.98 Å². The van der Waals surface area contributed by atoms with Gasteiger partial charge in [0.1, 0.15) is 5.82 Å². The number of imidazole rings is 1. The van der Waals surface area contributed by atoms with Crippen molar-refractivity contribution in [2.75, 3.05) is 0 Å². The van der Waals surface area contributed by atoms with Crippen LogP contribution in [0.3, 0.4) is 0 Å². The predicted molar refractivity (Wildman–Crippen MR) is 69.6 cm³/mol. The summed E-state index contributed by atoms with van der Waals surface area (Å²) in [6.07, 6.45) is 0. The molecule has 0 spiro atoms. The number of hydrogen-bond donors (Lipinski definition) is 0. The molecule has 0 saturated heterocycles. The molecule has 2 aromatic carbocycles. The van der Waals surface area contributed by atoms with Gasteiger partial charge in [-0.05, 0) is 25.1 Å². The molecule has 1 aromatic heterocycles. The molecule has 18 heavy (non-hydrogen) atoms. The summed E-state index contributed by atoms with van der Waals surface area (Å²) in [5, 5.41) is 0. The maximum Gasteiger partial charge on any atom is 0.264 e. The van der Waals surface area contributed by atoms with Crippen molar-refractivity contribution in [3.05, 3.63) is 53.6 Å². The Labute approximate surface area is 104 Å². The summed E-state index contributed by atoms with van der Waals surface area (Å²) in [4.78, 5) is 17.0. The lowest BCUT2D eigenvalue weighted by atomic mass is 10.1. The first-order valence-corrected chi connectivity index (χ1v) is 5.89. The first kappa shape index (κ1) is 9.59. The van der Waals surface area contributed by atoms with Gasteiger partial charge in [-0.2, -0.15) is 0 Å². The number of para-hydroxylation sites is 2. The fourth-order valence-electron chi connectivity index (χ4n) is 2.56. The van der Waals surface area contributed by atoms with Crippen LogP contribution >= 0.6 is 0 Å². The Balaban J connectivity index is 2.14. The van der Waals surface area contributed by atoms with Gasteiger partial charge in [-0.3, -0.25) is 9.36 Å². The fourth-order valence-corrected chi connectivity index (χ4v) is 2.56. The molecule has 0 bridgehead atoms. The van der Waals surface area contributed by atoms with E-state index in [-0.39, 0.29) is 5.91 Å². The van der Waals surface area contributed by atoms with Crippen LogP contribution in [0.2, 0.25) is 0 Å². The monoisotopic (exact) mass is 234 g/mol. The molecule has 0 saturated carbocycles. The molecule has 1 aliphatic heterocycles. The molecule has 0 amide bonds. The molecule has 0 radical (unpaired) electrons. The fraction of sp³-hybridized carbons (Fsp3) is 0.0667. The highest BCUT2D eigenvalue weighted by Crippen LogP contribution is 2.34. The normalized spacial score (nSPS) is 12.8. The molecule has 0 aliphatic carbocycles. The molecule has 86 valence electrons. The van der Waals surface area contributed by atoms with Crippen LogP contribution in [0.5, 0.6) is 0 Å². The number of rotatable bonds is 0. The number of hydrogen-bond acceptors (Lipinski definition) is 2. The van der Waals surface area contributed by atoms with Crippen molar-refractivity contribution in [1.82, 2.24) is 9.55 Å². The van der Waals surface area contributed by atoms with Crippen LogP contribution in [0, 0.1) is 6.92 Å². The highest BCUT2D eigenvalue weighted by atomic mass is 16.2. The second kappa shape index (κ2) is 3.07. The van der Waals surface area contributed by atoms with Crippen molar-refractivity contribution < 1.29 is 4.79 Å². The first-order valence-electron chi connectivity index (χ1n) is 5.89. The van der Waals surface area contributed by atoms with Gasteiger partial charge in [0, 0.05) is 5.56 Å². The molecule has 3 nitrogen and oxygen atoms in total. The highest BCUT2D eigenvalue weighted by molar-refractivity contribution is 6.12. The molecule has 1 aliphatic rings. The Morgan fingerprint density at radius 2 is 1.89 bits per heavy atom. The van der Waals surface area contributed by atoms with E-state index in [1.54, 1.807) is 4.57 Å². The van der Waals surface area contributed by atoms with Crippen LogP contribution in [-0.2, 0) is 0 Å². The standard InChI is InChI=1S/C15H10N2O/c1-9-6-7-10-11(8-9)15(18)17-13-5-3-2-4-12(13)16-14(10)17/h2-8H,1H3. The predicted octanol–water partition coefficient (Wildman–Crippen LogP) is 3.01. The van der Waals surface area contributed by atoms with Crippen LogP contribution < -0.4 is 0 Å². The Bertz CT molecular complexity index is 814. The van der Waals surface area contributed by atoms with E-state index in [4.69, 9.17) is 0 Å². The third-order valence-corrected chi connectivity index (χ3v) is 3.41. The molecule has 4 rings (SSSR count). The summed E-state index contributed by atoms with van der Waals surface area (Å²) in [5.41, 5.74) is 4.53. The molecular formula is C15H10N2O. The van der Waals surface area contributed by atoms with E-state index < -0.39 is 0 Å². The number of benzene rings is 2. The minimum atomic E-state index is 0.0254. The summed E-state index contributed by atoms with van der Waals surface area (Å²) < 4.78 is 1.71. The molecule has 0 unspecified atom stereocenters. The van der Waals surface area contributed by atoms with E-state index in [1.165, 1.54) is 0 Å². The minimum Gasteiger partial charge on any atom is -0.268 e. The largest absolute Gasteiger partial charge is 0.268 e. The molecule has 2 heterocycles. The highest BCUT2D eigenvalue weighted by Gasteiger charge is 2.29. The zero-order valence-corrected chi connectivity index (χ0v) is 9.84. The minimum absolute atomic E-state index is 0.0254. The number of carbonyl (C=O) groups excluding carboxylic acids is 1. The first-order chi connectivity index (χ1) is 8.75. The van der Waals surface area contributed by atoms with Crippen molar-refractivity contribution in [3.63, 3.8) is 0 Å². The van der Waals surface area contributed by atoms with Gasteiger partial charge < -0.3 is 0 Å². The van der Waals surface area contributed by atoms with E-state index in [1.807, 2.05) is 49.4 Å². The van der Waals surface area contributed by atoms with Crippen molar-refractivity contribution in [2.24, 2.45) is 0 Å². The van der Waals surface area contributed by atoms with E-state index in [0.29, 0.717) is 0 Å². The number of nitrogens with zero attached hydrogens (tertiary/aromatic N) is 2. The van der Waals surface area contributed by atoms with Crippen LogP contribution in [0.4, 0.5) is 0 Å². The number of aromatic nitrogens is 2. The van der Waals surface area contributed by atoms with Crippen molar-refractivity contribution in [2.45, 2.75) is 6.92 Å². The Morgan fingerprint density at radius 3 is 2.78 bits per heavy atom. The van der Waals surface area contributed by atoms with Crippen molar-refractivity contribution >= 4 is 16.9 Å². The lowest BCUT2D eigenvalue weighted by molar-refractivity contribution is 0.0973.